The topological polar surface area (TPSA) is 93.2 Å². The van der Waals surface area contributed by atoms with Crippen LogP contribution in [0.5, 0.6) is 5.75 Å². The van der Waals surface area contributed by atoms with Gasteiger partial charge in [0.15, 0.2) is 0 Å². The van der Waals surface area contributed by atoms with Gasteiger partial charge in [-0.25, -0.2) is 0 Å². The maximum Gasteiger partial charge on any atom is 0.316 e. The van der Waals surface area contributed by atoms with E-state index in [1.165, 1.54) is 17.4 Å². The van der Waals surface area contributed by atoms with Crippen molar-refractivity contribution in [3.63, 3.8) is 0 Å². The lowest BCUT2D eigenvalue weighted by Crippen LogP contribution is -2.36. The van der Waals surface area contributed by atoms with Gasteiger partial charge in [0.2, 0.25) is 0 Å². The molecule has 0 radical (unpaired) electrons. The molecule has 0 aliphatic heterocycles. The van der Waals surface area contributed by atoms with E-state index >= 15 is 0 Å². The molecule has 7 nitrogen and oxygen atoms in total. The van der Waals surface area contributed by atoms with Crippen molar-refractivity contribution in [2.45, 2.75) is 45.3 Å². The van der Waals surface area contributed by atoms with Crippen LogP contribution in [0.1, 0.15) is 43.0 Å². The molecule has 0 atom stereocenters. The second kappa shape index (κ2) is 7.95. The fourth-order valence-electron chi connectivity index (χ4n) is 3.75. The molecule has 0 unspecified atom stereocenters. The van der Waals surface area contributed by atoms with Gasteiger partial charge in [0.25, 0.3) is 5.91 Å². The summed E-state index contributed by atoms with van der Waals surface area (Å²) < 4.78 is 7.32. The van der Waals surface area contributed by atoms with Gasteiger partial charge in [-0.15, -0.1) is 0 Å². The van der Waals surface area contributed by atoms with Crippen LogP contribution in [0.15, 0.2) is 52.1 Å². The molecular formula is C22H23N3O4. The normalized spacial score (nSPS) is 14.2. The Labute approximate surface area is 167 Å². The zero-order valence-corrected chi connectivity index (χ0v) is 16.2. The summed E-state index contributed by atoms with van der Waals surface area (Å²) in [5.74, 6) is 0.502. The van der Waals surface area contributed by atoms with Crippen molar-refractivity contribution in [3.8, 4) is 5.75 Å². The summed E-state index contributed by atoms with van der Waals surface area (Å²) in [6.45, 7) is 2.17. The Balaban J connectivity index is 1.52. The minimum absolute atomic E-state index is 0.288. The number of hydrogen-bond acceptors (Lipinski definition) is 4. The highest BCUT2D eigenvalue weighted by Crippen LogP contribution is 2.25. The molecule has 0 spiro atoms. The Bertz CT molecular complexity index is 1160. The number of H-pyrrole nitrogens is 1. The number of benzene rings is 2. The van der Waals surface area contributed by atoms with Crippen molar-refractivity contribution in [1.29, 1.82) is 0 Å². The quantitative estimate of drug-likeness (QED) is 0.651. The summed E-state index contributed by atoms with van der Waals surface area (Å²) in [7, 11) is 0. The number of anilines is 1. The van der Waals surface area contributed by atoms with Crippen molar-refractivity contribution < 1.29 is 9.53 Å². The van der Waals surface area contributed by atoms with Crippen molar-refractivity contribution >= 4 is 22.6 Å². The number of amides is 1. The average molecular weight is 393 g/mol. The number of aryl methyl sites for hydroxylation is 1. The summed E-state index contributed by atoms with van der Waals surface area (Å²) in [5, 5.41) is 2.84. The van der Waals surface area contributed by atoms with Crippen LogP contribution in [0.2, 0.25) is 0 Å². The highest BCUT2D eigenvalue weighted by atomic mass is 16.5. The Morgan fingerprint density at radius 3 is 2.55 bits per heavy atom. The van der Waals surface area contributed by atoms with Gasteiger partial charge in [0, 0.05) is 17.8 Å². The van der Waals surface area contributed by atoms with Crippen molar-refractivity contribution in [3.05, 3.63) is 68.7 Å². The molecule has 2 aromatic carbocycles. The monoisotopic (exact) mass is 393 g/mol. The van der Waals surface area contributed by atoms with Crippen LogP contribution in [-0.4, -0.2) is 21.6 Å². The highest BCUT2D eigenvalue weighted by Gasteiger charge is 2.16. The third kappa shape index (κ3) is 3.94. The van der Waals surface area contributed by atoms with Crippen LogP contribution in [0.3, 0.4) is 0 Å². The first-order valence-corrected chi connectivity index (χ1v) is 9.90. The predicted octanol–water partition coefficient (Wildman–Crippen LogP) is 3.28. The average Bonchev–Trinajstić information content (AvgIpc) is 3.23. The van der Waals surface area contributed by atoms with E-state index in [-0.39, 0.29) is 12.0 Å². The molecule has 150 valence electrons. The molecule has 4 rings (SSSR count). The van der Waals surface area contributed by atoms with Crippen molar-refractivity contribution in [2.75, 3.05) is 5.32 Å². The first kappa shape index (κ1) is 19.0. The number of nitrogens with one attached hydrogen (secondary N) is 2. The Morgan fingerprint density at radius 2 is 1.86 bits per heavy atom. The van der Waals surface area contributed by atoms with Gasteiger partial charge in [0.05, 0.1) is 17.1 Å². The fraction of sp³-hybridized carbons (Fsp3) is 0.318. The van der Waals surface area contributed by atoms with Crippen LogP contribution >= 0.6 is 0 Å². The molecule has 0 saturated heterocycles. The van der Waals surface area contributed by atoms with E-state index in [0.717, 1.165) is 18.6 Å². The summed E-state index contributed by atoms with van der Waals surface area (Å²) >= 11 is 0. The molecule has 1 heterocycles. The Kier molecular flexibility index (Phi) is 5.20. The van der Waals surface area contributed by atoms with Crippen LogP contribution < -0.4 is 21.2 Å². The van der Waals surface area contributed by atoms with E-state index in [1.54, 1.807) is 37.3 Å². The molecule has 1 amide bonds. The molecule has 1 aliphatic carbocycles. The van der Waals surface area contributed by atoms with Gasteiger partial charge in [-0.05, 0) is 75.1 Å². The van der Waals surface area contributed by atoms with Crippen LogP contribution in [0.25, 0.3) is 11.0 Å². The predicted molar refractivity (Wildman–Crippen MR) is 112 cm³/mol. The van der Waals surface area contributed by atoms with E-state index in [9.17, 15) is 14.4 Å². The third-order valence-electron chi connectivity index (χ3n) is 5.27. The van der Waals surface area contributed by atoms with E-state index in [0.29, 0.717) is 28.8 Å². The SMILES string of the molecule is CCn1c(=O)c(=O)[nH]c2cc(C(=O)Nc3ccc(OC4CCCC4)cc3)ccc21. The minimum atomic E-state index is -0.699. The van der Waals surface area contributed by atoms with Gasteiger partial charge in [-0.3, -0.25) is 14.4 Å². The summed E-state index contributed by atoms with van der Waals surface area (Å²) in [6.07, 6.45) is 4.90. The molecule has 1 saturated carbocycles. The molecular weight excluding hydrogens is 370 g/mol. The smallest absolute Gasteiger partial charge is 0.316 e. The largest absolute Gasteiger partial charge is 0.490 e. The summed E-state index contributed by atoms with van der Waals surface area (Å²) in [5.41, 5.74) is 0.778. The lowest BCUT2D eigenvalue weighted by Gasteiger charge is -2.13. The number of fused-ring (bicyclic) bond motifs is 1. The number of aromatic nitrogens is 2. The van der Waals surface area contributed by atoms with Gasteiger partial charge in [0.1, 0.15) is 5.75 Å². The van der Waals surface area contributed by atoms with Crippen LogP contribution in [0.4, 0.5) is 5.69 Å². The fourth-order valence-corrected chi connectivity index (χ4v) is 3.75. The van der Waals surface area contributed by atoms with Gasteiger partial charge >= 0.3 is 11.1 Å². The van der Waals surface area contributed by atoms with Crippen LogP contribution in [-0.2, 0) is 6.54 Å². The van der Waals surface area contributed by atoms with E-state index in [2.05, 4.69) is 10.3 Å². The number of nitrogens with zero attached hydrogens (tertiary/aromatic N) is 1. The first-order chi connectivity index (χ1) is 14.0. The number of hydrogen-bond donors (Lipinski definition) is 2. The zero-order valence-electron chi connectivity index (χ0n) is 16.2. The minimum Gasteiger partial charge on any atom is -0.490 e. The zero-order chi connectivity index (χ0) is 20.4. The standard InChI is InChI=1S/C22H23N3O4/c1-2-25-19-12-7-14(13-18(19)24-21(27)22(25)28)20(26)23-15-8-10-17(11-9-15)29-16-5-3-4-6-16/h7-13,16H,2-6H2,1H3,(H,23,26)(H,24,27). The molecule has 0 bridgehead atoms. The number of carbonyl (C=O) groups excluding carboxylic acids is 1. The lowest BCUT2D eigenvalue weighted by atomic mass is 10.1. The number of ether oxygens (including phenoxy) is 1. The van der Waals surface area contributed by atoms with Crippen LogP contribution in [0, 0.1) is 0 Å². The number of rotatable bonds is 5. The molecule has 1 aliphatic rings. The maximum absolute atomic E-state index is 12.6. The lowest BCUT2D eigenvalue weighted by molar-refractivity contribution is 0.102. The van der Waals surface area contributed by atoms with Gasteiger partial charge in [-0.1, -0.05) is 0 Å². The van der Waals surface area contributed by atoms with E-state index in [1.807, 2.05) is 12.1 Å². The van der Waals surface area contributed by atoms with Crippen molar-refractivity contribution in [2.24, 2.45) is 0 Å². The maximum atomic E-state index is 12.6. The molecule has 7 heteroatoms. The summed E-state index contributed by atoms with van der Waals surface area (Å²) in [6, 6.07) is 12.2. The first-order valence-electron chi connectivity index (χ1n) is 9.90. The Hall–Kier alpha value is -3.35. The molecule has 2 N–H and O–H groups in total. The van der Waals surface area contributed by atoms with Crippen molar-refractivity contribution in [1.82, 2.24) is 9.55 Å². The molecule has 3 aromatic rings. The molecule has 29 heavy (non-hydrogen) atoms. The number of carbonyl (C=O) groups is 1. The van der Waals surface area contributed by atoms with Gasteiger partial charge in [-0.2, -0.15) is 0 Å². The molecule has 1 aromatic heterocycles. The number of aromatic amines is 1. The van der Waals surface area contributed by atoms with E-state index < -0.39 is 11.1 Å². The van der Waals surface area contributed by atoms with Gasteiger partial charge < -0.3 is 19.6 Å². The van der Waals surface area contributed by atoms with E-state index in [4.69, 9.17) is 4.74 Å². The summed E-state index contributed by atoms with van der Waals surface area (Å²) in [4.78, 5) is 39.0. The second-order valence-electron chi connectivity index (χ2n) is 7.24. The Morgan fingerprint density at radius 1 is 1.14 bits per heavy atom. The third-order valence-corrected chi connectivity index (χ3v) is 5.27. The molecule has 1 fully saturated rings. The second-order valence-corrected chi connectivity index (χ2v) is 7.24. The highest BCUT2D eigenvalue weighted by molar-refractivity contribution is 6.05.